The van der Waals surface area contributed by atoms with Crippen molar-refractivity contribution in [2.75, 3.05) is 0 Å². The lowest BCUT2D eigenvalue weighted by molar-refractivity contribution is -0.308. The summed E-state index contributed by atoms with van der Waals surface area (Å²) >= 11 is 0. The molecule has 0 fully saturated rings. The highest BCUT2D eigenvalue weighted by Gasteiger charge is 2.14. The van der Waals surface area contributed by atoms with Gasteiger partial charge in [0.15, 0.2) is 5.78 Å². The summed E-state index contributed by atoms with van der Waals surface area (Å²) in [5, 5.41) is 33.0. The molecule has 0 aliphatic carbocycles. The number of carbonyl (C=O) groups is 5. The molecule has 1 N–H and O–H groups in total. The highest BCUT2D eigenvalue weighted by atomic mass is 16.4. The monoisotopic (exact) mass is 286 g/mol. The third-order valence-electron chi connectivity index (χ3n) is 2.30. The molecule has 0 rings (SSSR count). The lowest BCUT2D eigenvalue weighted by Crippen LogP contribution is -2.48. The van der Waals surface area contributed by atoms with Gasteiger partial charge in [0.2, 0.25) is 5.91 Å². The molecule has 0 unspecified atom stereocenters. The van der Waals surface area contributed by atoms with E-state index in [1.807, 2.05) is 5.32 Å². The fourth-order valence-electron chi connectivity index (χ4n) is 1.30. The lowest BCUT2D eigenvalue weighted by atomic mass is 10.1. The molecule has 1 atom stereocenters. The summed E-state index contributed by atoms with van der Waals surface area (Å²) in [6, 6.07) is -1.43. The van der Waals surface area contributed by atoms with Crippen LogP contribution in [0.3, 0.4) is 0 Å². The van der Waals surface area contributed by atoms with Gasteiger partial charge >= 0.3 is 0 Å². The molecule has 112 valence electrons. The highest BCUT2D eigenvalue weighted by molar-refractivity contribution is 6.31. The van der Waals surface area contributed by atoms with Crippen LogP contribution in [0.2, 0.25) is 0 Å². The van der Waals surface area contributed by atoms with E-state index in [1.54, 1.807) is 0 Å². The zero-order valence-corrected chi connectivity index (χ0v) is 10.4. The Morgan fingerprint density at radius 1 is 0.900 bits per heavy atom. The van der Waals surface area contributed by atoms with Crippen LogP contribution in [0.25, 0.3) is 0 Å². The Morgan fingerprint density at radius 2 is 1.50 bits per heavy atom. The summed E-state index contributed by atoms with van der Waals surface area (Å²) in [7, 11) is 0. The first-order valence-corrected chi connectivity index (χ1v) is 5.68. The van der Waals surface area contributed by atoms with Gasteiger partial charge in [0.25, 0.3) is 0 Å². The number of carbonyl (C=O) groups excluding carboxylic acids is 5. The van der Waals surface area contributed by atoms with E-state index < -0.39 is 54.9 Å². The lowest BCUT2D eigenvalue weighted by Gasteiger charge is -2.19. The van der Waals surface area contributed by atoms with Crippen LogP contribution in [0.15, 0.2) is 0 Å². The van der Waals surface area contributed by atoms with Gasteiger partial charge < -0.3 is 35.0 Å². The Balaban J connectivity index is 4.20. The van der Waals surface area contributed by atoms with E-state index in [4.69, 9.17) is 0 Å². The van der Waals surface area contributed by atoms with Crippen LogP contribution in [0.5, 0.6) is 0 Å². The summed E-state index contributed by atoms with van der Waals surface area (Å²) in [5.41, 5.74) is 0. The van der Waals surface area contributed by atoms with E-state index >= 15 is 0 Å². The number of carboxylic acid groups (broad SMARTS) is 3. The van der Waals surface area contributed by atoms with Crippen LogP contribution in [0.1, 0.15) is 32.1 Å². The topological polar surface area (TPSA) is 167 Å². The number of carboxylic acids is 3. The van der Waals surface area contributed by atoms with Crippen LogP contribution < -0.4 is 20.6 Å². The van der Waals surface area contributed by atoms with Crippen molar-refractivity contribution in [3.05, 3.63) is 0 Å². The van der Waals surface area contributed by atoms with E-state index in [1.165, 1.54) is 0 Å². The smallest absolute Gasteiger partial charge is 0.220 e. The maximum absolute atomic E-state index is 11.2. The number of hydrogen-bond donors (Lipinski definition) is 1. The molecule has 0 radical (unpaired) electrons. The number of Topliss-reactive ketones (excluding diaryl/α,β-unsaturated/α-hetero) is 1. The Morgan fingerprint density at radius 3 is 1.95 bits per heavy atom. The fraction of sp³-hybridized carbons (Fsp3) is 0.545. The molecular weight excluding hydrogens is 274 g/mol. The van der Waals surface area contributed by atoms with E-state index in [0.29, 0.717) is 0 Å². The molecule has 0 heterocycles. The highest BCUT2D eigenvalue weighted by Crippen LogP contribution is 2.02. The third-order valence-corrected chi connectivity index (χ3v) is 2.30. The third kappa shape index (κ3) is 7.80. The second kappa shape index (κ2) is 8.62. The SMILES string of the molecule is O=C([O-])CCC(=O)N[C@@H](CCCC(=O)C(=O)[O-])C(=O)[O-]. The van der Waals surface area contributed by atoms with Gasteiger partial charge in [-0.1, -0.05) is 0 Å². The molecule has 9 nitrogen and oxygen atoms in total. The molecule has 20 heavy (non-hydrogen) atoms. The van der Waals surface area contributed by atoms with E-state index in [-0.39, 0.29) is 12.8 Å². The van der Waals surface area contributed by atoms with E-state index in [9.17, 15) is 39.3 Å². The minimum atomic E-state index is -1.87. The molecule has 0 aliphatic heterocycles. The van der Waals surface area contributed by atoms with Gasteiger partial charge in [-0.3, -0.25) is 9.59 Å². The minimum Gasteiger partial charge on any atom is -0.550 e. The predicted molar refractivity (Wildman–Crippen MR) is 55.0 cm³/mol. The normalized spacial score (nSPS) is 11.4. The molecule has 0 aliphatic rings. The van der Waals surface area contributed by atoms with E-state index in [0.717, 1.165) is 0 Å². The zero-order chi connectivity index (χ0) is 15.7. The zero-order valence-electron chi connectivity index (χ0n) is 10.4. The summed E-state index contributed by atoms with van der Waals surface area (Å²) in [6.07, 6.45) is -1.77. The molecular formula is C11H12NO8-3. The maximum Gasteiger partial charge on any atom is 0.220 e. The van der Waals surface area contributed by atoms with Crippen molar-refractivity contribution in [2.24, 2.45) is 0 Å². The Bertz CT molecular complexity index is 417. The minimum absolute atomic E-state index is 0.105. The summed E-state index contributed by atoms with van der Waals surface area (Å²) in [5.74, 6) is -6.94. The quantitative estimate of drug-likeness (QED) is 0.390. The van der Waals surface area contributed by atoms with Gasteiger partial charge in [-0.2, -0.15) is 0 Å². The molecule has 0 aromatic rings. The van der Waals surface area contributed by atoms with Crippen molar-refractivity contribution in [3.8, 4) is 0 Å². The molecule has 9 heteroatoms. The second-order valence-corrected chi connectivity index (χ2v) is 3.91. The molecule has 0 aromatic heterocycles. The van der Waals surface area contributed by atoms with Crippen molar-refractivity contribution in [1.82, 2.24) is 5.32 Å². The molecule has 1 amide bonds. The summed E-state index contributed by atoms with van der Waals surface area (Å²) in [4.78, 5) is 52.9. The van der Waals surface area contributed by atoms with Crippen molar-refractivity contribution in [3.63, 3.8) is 0 Å². The van der Waals surface area contributed by atoms with Gasteiger partial charge in [0.05, 0.1) is 12.0 Å². The van der Waals surface area contributed by atoms with Gasteiger partial charge in [0.1, 0.15) is 5.97 Å². The number of amides is 1. The average Bonchev–Trinajstić information content (AvgIpc) is 2.34. The van der Waals surface area contributed by atoms with Gasteiger partial charge in [0, 0.05) is 18.8 Å². The maximum atomic E-state index is 11.2. The van der Waals surface area contributed by atoms with E-state index in [2.05, 4.69) is 0 Å². The fourth-order valence-corrected chi connectivity index (χ4v) is 1.30. The van der Waals surface area contributed by atoms with Gasteiger partial charge in [-0.15, -0.1) is 0 Å². The average molecular weight is 286 g/mol. The molecule has 0 bridgehead atoms. The van der Waals surface area contributed by atoms with Gasteiger partial charge in [-0.25, -0.2) is 0 Å². The number of rotatable bonds is 10. The number of nitrogens with one attached hydrogen (secondary N) is 1. The molecule has 0 saturated carbocycles. The van der Waals surface area contributed by atoms with Crippen molar-refractivity contribution < 1.29 is 39.3 Å². The first kappa shape index (κ1) is 17.6. The van der Waals surface area contributed by atoms with Crippen LogP contribution in [-0.2, 0) is 24.0 Å². The van der Waals surface area contributed by atoms with Crippen LogP contribution >= 0.6 is 0 Å². The number of hydrogen-bond acceptors (Lipinski definition) is 8. The Labute approximate surface area is 113 Å². The van der Waals surface area contributed by atoms with Gasteiger partial charge in [-0.05, 0) is 19.3 Å². The first-order valence-electron chi connectivity index (χ1n) is 5.68. The Hall–Kier alpha value is -2.45. The summed E-state index contributed by atoms with van der Waals surface area (Å²) in [6.45, 7) is 0. The standard InChI is InChI=1S/C11H15NO8/c13-7(11(19)20)3-1-2-6(10(17)18)12-8(14)4-5-9(15)16/h6H,1-5H2,(H,12,14)(H,15,16)(H,17,18)(H,19,20)/p-3/t6-/m0/s1. The predicted octanol–water partition coefficient (Wildman–Crippen LogP) is -4.76. The van der Waals surface area contributed by atoms with Crippen molar-refractivity contribution >= 4 is 29.6 Å². The van der Waals surface area contributed by atoms with Crippen molar-refractivity contribution in [2.45, 2.75) is 38.1 Å². The van der Waals surface area contributed by atoms with Crippen LogP contribution in [0.4, 0.5) is 0 Å². The number of ketones is 1. The molecule has 0 saturated heterocycles. The van der Waals surface area contributed by atoms with Crippen LogP contribution in [-0.4, -0.2) is 35.6 Å². The van der Waals surface area contributed by atoms with Crippen molar-refractivity contribution in [1.29, 1.82) is 0 Å². The second-order valence-electron chi connectivity index (χ2n) is 3.91. The molecule has 0 aromatic carbocycles. The Kier molecular flexibility index (Phi) is 7.56. The van der Waals surface area contributed by atoms with Crippen LogP contribution in [0, 0.1) is 0 Å². The molecule has 0 spiro atoms. The summed E-state index contributed by atoms with van der Waals surface area (Å²) < 4.78 is 0. The number of aliphatic carboxylic acids is 3. The first-order chi connectivity index (χ1) is 9.23. The largest absolute Gasteiger partial charge is 0.550 e.